The number of rotatable bonds is 26. The molecule has 6 heterocycles. The number of aromatic amines is 1. The molecule has 9 rings (SSSR count). The normalized spacial score (nSPS) is 25.5. The summed E-state index contributed by atoms with van der Waals surface area (Å²) in [5.74, 6) is -19.3. The molecule has 5 aromatic rings. The van der Waals surface area contributed by atoms with Gasteiger partial charge in [-0.1, -0.05) is 88.1 Å². The van der Waals surface area contributed by atoms with Gasteiger partial charge in [0.2, 0.25) is 94.5 Å². The van der Waals surface area contributed by atoms with Gasteiger partial charge < -0.3 is 126 Å². The number of carboxylic acid groups (broad SMARTS) is 2. The Morgan fingerprint density at radius 2 is 1.05 bits per heavy atom. The molecule has 15 atom stereocenters. The van der Waals surface area contributed by atoms with E-state index in [1.54, 1.807) is 36.5 Å². The number of likely N-dealkylation sites (N-methyl/N-ethyl adjacent to an activating group) is 2. The smallest absolute Gasteiger partial charge is 0.305 e. The maximum absolute atomic E-state index is 15.8. The quantitative estimate of drug-likeness (QED) is 0.0266. The SMILES string of the molecule is CCCC[C@H]1C(=O)N(C)[C@@H](CCCC)C(=O)N[C@@H](CCCN)C(=O)N[C@H](C(=O)NCC(N)=O)CSCC(=O)N[C@@H](Cc2ccc(O)cc2)C(=O)N2CCC[C@H]2C(=O)N[C@@H](CC(=O)O)C(=O)N2CCC[C@H]2C(=O)N[C@@H](CN)C(=O)N[C@@H](CCC(=O)O)C(=O)N2C[C@H](O)C[C@H]2C(=O)N[C@@H](Cc2c[nH]c3ccccc23)C(=O)N[C@@H](CCN)C(=O)N[C@@H](Cc2csc3ccccc23)C(=O)N1C. The number of carboxylic acids is 2. The number of amides is 16. The Hall–Kier alpha value is -12.4. The minimum Gasteiger partial charge on any atom is -0.508 e. The lowest BCUT2D eigenvalue weighted by molar-refractivity contribution is -0.149. The molecule has 0 aliphatic carbocycles. The number of fused-ring (bicyclic) bond motifs is 5. The lowest BCUT2D eigenvalue weighted by Crippen LogP contribution is -2.61. The summed E-state index contributed by atoms with van der Waals surface area (Å²) in [6.07, 6.45) is -1.96. The number of carbonyl (C=O) groups excluding carboxylic acids is 16. The zero-order valence-electron chi connectivity index (χ0n) is 74.2. The maximum atomic E-state index is 15.8. The molecule has 4 aliphatic rings. The number of aliphatic hydroxyl groups excluding tert-OH is 1. The molecule has 0 spiro atoms. The van der Waals surface area contributed by atoms with Crippen LogP contribution in [-0.2, 0) is 106 Å². The maximum Gasteiger partial charge on any atom is 0.305 e. The van der Waals surface area contributed by atoms with Crippen LogP contribution in [0.15, 0.2) is 84.4 Å². The number of nitrogens with zero attached hydrogens (tertiary/aromatic N) is 5. The standard InChI is InChI=1S/C88H122N20O22S2/c1-5-7-20-65-80(122)97-56(19-13-32-89)76(118)103-64(75(117)94-43-71(92)111)46-131-47-72(112)95-60(36-48-25-27-51(109)28-26-48)86(128)106-34-14-22-66(106)81(123)101-62(40-74(115)116)87(129)107-35-15-23-67(107)82(124)102-63(41-91)79(121)98-58(29-30-73(113)114)85(127)108-44-52(110)39-69(108)83(125)99-59(37-49-42-93-55-18-11-9-16-53(49)55)78(120)96-57(31-33-90)77(119)100-61(38-50-45-132-70-24-12-10-17-54(50)70)84(126)105(4)68(21-8-6-2)88(130)104(65)3/h9-12,16-18,24-28,42,45,52,56-69,93,109-110H,5-8,13-15,19-23,29-41,43-44,46-47,89-91H2,1-4H3,(H2,92,111)(H,94,117)(H,95,112)(H,96,120)(H,97,122)(H,98,121)(H,99,125)(H,100,119)(H,101,123)(H,102,124)(H,103,118)(H,113,114)(H,115,116)/t52-,56+,57+,58+,59+,60+,61+,62+,63+,64+,65+,66+,67+,68+,69+/m1/s1. The highest BCUT2D eigenvalue weighted by molar-refractivity contribution is 8.00. The van der Waals surface area contributed by atoms with Gasteiger partial charge in [-0.05, 0) is 129 Å². The van der Waals surface area contributed by atoms with Gasteiger partial charge in [0.25, 0.3) is 0 Å². The van der Waals surface area contributed by atoms with Crippen molar-refractivity contribution in [3.8, 4) is 5.75 Å². The van der Waals surface area contributed by atoms with E-state index in [2.05, 4.69) is 58.2 Å². The van der Waals surface area contributed by atoms with Gasteiger partial charge in [-0.3, -0.25) is 86.3 Å². The highest BCUT2D eigenvalue weighted by Crippen LogP contribution is 2.31. The number of carbonyl (C=O) groups is 18. The molecule has 3 aromatic carbocycles. The van der Waals surface area contributed by atoms with Crippen LogP contribution in [0.25, 0.3) is 21.0 Å². The van der Waals surface area contributed by atoms with E-state index in [1.807, 2.05) is 37.4 Å². The van der Waals surface area contributed by atoms with Crippen LogP contribution in [0.4, 0.5) is 0 Å². The van der Waals surface area contributed by atoms with Crippen molar-refractivity contribution in [3.05, 3.63) is 101 Å². The molecule has 16 amide bonds. The predicted octanol–water partition coefficient (Wildman–Crippen LogP) is -2.81. The minimum absolute atomic E-state index is 0.00169. The van der Waals surface area contributed by atoms with Gasteiger partial charge in [0.15, 0.2) is 0 Å². The van der Waals surface area contributed by atoms with E-state index in [9.17, 15) is 68.4 Å². The first-order valence-electron chi connectivity index (χ1n) is 44.4. The van der Waals surface area contributed by atoms with Crippen LogP contribution in [0.1, 0.15) is 140 Å². The number of H-pyrrole nitrogens is 1. The summed E-state index contributed by atoms with van der Waals surface area (Å²) in [6, 6.07) is -2.16. The number of aliphatic hydroxyl groups is 1. The third-order valence-electron chi connectivity index (χ3n) is 23.9. The molecule has 718 valence electrons. The Bertz CT molecular complexity index is 4980. The Labute approximate surface area is 770 Å². The largest absolute Gasteiger partial charge is 0.508 e. The van der Waals surface area contributed by atoms with Crippen molar-refractivity contribution in [1.29, 1.82) is 0 Å². The number of aliphatic carboxylic acids is 2. The second kappa shape index (κ2) is 49.7. The molecule has 0 saturated carbocycles. The van der Waals surface area contributed by atoms with Crippen LogP contribution in [-0.4, -0.2) is 318 Å². The lowest BCUT2D eigenvalue weighted by atomic mass is 9.99. The van der Waals surface area contributed by atoms with Crippen molar-refractivity contribution in [2.24, 2.45) is 22.9 Å². The number of thiophene rings is 1. The van der Waals surface area contributed by atoms with Crippen LogP contribution in [0.5, 0.6) is 5.75 Å². The van der Waals surface area contributed by atoms with Crippen LogP contribution in [0, 0.1) is 0 Å². The first kappa shape index (κ1) is 103. The predicted molar refractivity (Wildman–Crippen MR) is 484 cm³/mol. The first-order valence-corrected chi connectivity index (χ1v) is 46.4. The molecule has 0 unspecified atom stereocenters. The summed E-state index contributed by atoms with van der Waals surface area (Å²) in [5.41, 5.74) is 25.9. The number of phenolic OH excluding ortho intramolecular Hbond substituents is 1. The van der Waals surface area contributed by atoms with Crippen molar-refractivity contribution in [2.45, 2.75) is 233 Å². The summed E-state index contributed by atoms with van der Waals surface area (Å²) in [5, 5.41) is 71.1. The number of benzene rings is 3. The van der Waals surface area contributed by atoms with Gasteiger partial charge in [0.05, 0.1) is 24.8 Å². The number of nitrogens with two attached hydrogens (primary N) is 4. The zero-order chi connectivity index (χ0) is 96.2. The number of thioether (sulfide) groups is 1. The van der Waals surface area contributed by atoms with Gasteiger partial charge >= 0.3 is 11.9 Å². The molecule has 2 aromatic heterocycles. The van der Waals surface area contributed by atoms with Crippen LogP contribution in [0.3, 0.4) is 0 Å². The van der Waals surface area contributed by atoms with Crippen LogP contribution >= 0.6 is 23.1 Å². The molecule has 0 radical (unpaired) electrons. The van der Waals surface area contributed by atoms with Crippen molar-refractivity contribution < 1.29 is 107 Å². The molecule has 23 N–H and O–H groups in total. The third-order valence-corrected chi connectivity index (χ3v) is 25.9. The summed E-state index contributed by atoms with van der Waals surface area (Å²) in [7, 11) is 2.74. The second-order valence-electron chi connectivity index (χ2n) is 33.5. The number of primary amides is 1. The van der Waals surface area contributed by atoms with Gasteiger partial charge in [-0.25, -0.2) is 0 Å². The lowest BCUT2D eigenvalue weighted by Gasteiger charge is -2.36. The molecular formula is C88H122N20O22S2. The van der Waals surface area contributed by atoms with E-state index in [0.29, 0.717) is 53.3 Å². The molecule has 42 nitrogen and oxygen atoms in total. The number of para-hydroxylation sites is 1. The fourth-order valence-corrected chi connectivity index (χ4v) is 18.6. The van der Waals surface area contributed by atoms with E-state index in [4.69, 9.17) is 22.9 Å². The monoisotopic (exact) mass is 1870 g/mol. The topological polar surface area (TPSA) is 645 Å². The van der Waals surface area contributed by atoms with Gasteiger partial charge in [0.1, 0.15) is 90.3 Å². The van der Waals surface area contributed by atoms with Crippen molar-refractivity contribution in [1.82, 2.24) is 82.7 Å². The molecular weight excluding hydrogens is 1750 g/mol. The van der Waals surface area contributed by atoms with Gasteiger partial charge in [-0.2, -0.15) is 0 Å². The van der Waals surface area contributed by atoms with E-state index >= 15 is 38.4 Å². The fourth-order valence-electron chi connectivity index (χ4n) is 16.8. The summed E-state index contributed by atoms with van der Waals surface area (Å²) < 4.78 is 0.825. The summed E-state index contributed by atoms with van der Waals surface area (Å²) >= 11 is 2.14. The third kappa shape index (κ3) is 28.1. The number of nitrogens with one attached hydrogen (secondary N) is 11. The van der Waals surface area contributed by atoms with Crippen LogP contribution in [0.2, 0.25) is 0 Å². The molecule has 4 aliphatic heterocycles. The van der Waals surface area contributed by atoms with E-state index < -0.39 is 254 Å². The van der Waals surface area contributed by atoms with E-state index in [1.165, 1.54) is 59.5 Å². The van der Waals surface area contributed by atoms with Crippen molar-refractivity contribution in [2.75, 3.05) is 71.4 Å². The number of unbranched alkanes of at least 4 members (excludes halogenated alkanes) is 2. The Kier molecular flexibility index (Phi) is 38.9. The molecule has 4 fully saturated rings. The molecule has 44 heteroatoms. The average molecular weight is 1880 g/mol. The Balaban J connectivity index is 1.09. The zero-order valence-corrected chi connectivity index (χ0v) is 75.9. The highest BCUT2D eigenvalue weighted by atomic mass is 32.2. The highest BCUT2D eigenvalue weighted by Gasteiger charge is 2.48. The van der Waals surface area contributed by atoms with E-state index in [0.717, 1.165) is 36.5 Å². The van der Waals surface area contributed by atoms with Crippen molar-refractivity contribution >= 4 is 151 Å². The van der Waals surface area contributed by atoms with Gasteiger partial charge in [0, 0.05) is 99.9 Å². The molecule has 132 heavy (non-hydrogen) atoms. The molecule has 0 bridgehead atoms. The number of hydrogen-bond acceptors (Lipinski definition) is 25. The summed E-state index contributed by atoms with van der Waals surface area (Å²) in [4.78, 5) is 270. The number of aromatic nitrogens is 1. The van der Waals surface area contributed by atoms with Gasteiger partial charge in [-0.15, -0.1) is 23.1 Å². The number of hydrogen-bond donors (Lipinski definition) is 19. The Morgan fingerprint density at radius 3 is 1.68 bits per heavy atom. The molecule has 4 saturated heterocycles. The summed E-state index contributed by atoms with van der Waals surface area (Å²) in [6.45, 7) is 1.17. The van der Waals surface area contributed by atoms with Crippen LogP contribution < -0.4 is 76.1 Å². The minimum atomic E-state index is -1.90. The van der Waals surface area contributed by atoms with E-state index in [-0.39, 0.29) is 109 Å². The second-order valence-corrected chi connectivity index (χ2v) is 35.4. The Morgan fingerprint density at radius 1 is 0.508 bits per heavy atom. The first-order chi connectivity index (χ1) is 63.1. The number of aromatic hydroxyl groups is 1. The van der Waals surface area contributed by atoms with Crippen molar-refractivity contribution in [3.63, 3.8) is 0 Å². The average Bonchev–Trinajstić information content (AvgIpc) is 1.35. The number of phenols is 1. The fraction of sp³-hybridized carbons (Fsp3) is 0.545.